The van der Waals surface area contributed by atoms with E-state index in [1.54, 1.807) is 12.1 Å². The molecule has 4 nitrogen and oxygen atoms in total. The lowest BCUT2D eigenvalue weighted by atomic mass is 10.1. The summed E-state index contributed by atoms with van der Waals surface area (Å²) in [6.45, 7) is 0. The number of benzene rings is 1. The van der Waals surface area contributed by atoms with Gasteiger partial charge in [-0.25, -0.2) is 4.79 Å². The SMILES string of the molecule is COC(=O)c1cc(OC2CCCC2)c(Br)cc1N. The first-order valence-corrected chi connectivity index (χ1v) is 6.75. The Labute approximate surface area is 115 Å². The van der Waals surface area contributed by atoms with Gasteiger partial charge in [-0.15, -0.1) is 0 Å². The maximum Gasteiger partial charge on any atom is 0.340 e. The van der Waals surface area contributed by atoms with Gasteiger partial charge in [-0.05, 0) is 53.7 Å². The molecule has 0 radical (unpaired) electrons. The highest BCUT2D eigenvalue weighted by Crippen LogP contribution is 2.33. The van der Waals surface area contributed by atoms with Crippen molar-refractivity contribution in [2.45, 2.75) is 31.8 Å². The third-order valence-electron chi connectivity index (χ3n) is 3.11. The van der Waals surface area contributed by atoms with Gasteiger partial charge in [0, 0.05) is 5.69 Å². The minimum atomic E-state index is -0.448. The number of halogens is 1. The van der Waals surface area contributed by atoms with Crippen molar-refractivity contribution in [3.05, 3.63) is 22.2 Å². The summed E-state index contributed by atoms with van der Waals surface area (Å²) in [5.41, 5.74) is 6.51. The molecule has 1 fully saturated rings. The fourth-order valence-corrected chi connectivity index (χ4v) is 2.59. The van der Waals surface area contributed by atoms with Crippen LogP contribution in [0.3, 0.4) is 0 Å². The summed E-state index contributed by atoms with van der Waals surface area (Å²) in [5, 5.41) is 0. The highest BCUT2D eigenvalue weighted by Gasteiger charge is 2.20. The number of carbonyl (C=O) groups excluding carboxylic acids is 1. The van der Waals surface area contributed by atoms with Gasteiger partial charge in [0.2, 0.25) is 0 Å². The van der Waals surface area contributed by atoms with E-state index >= 15 is 0 Å². The number of nitrogens with two attached hydrogens (primary N) is 1. The molecule has 2 rings (SSSR count). The molecule has 1 aliphatic carbocycles. The molecule has 0 amide bonds. The smallest absolute Gasteiger partial charge is 0.340 e. The second kappa shape index (κ2) is 5.61. The third kappa shape index (κ3) is 2.77. The van der Waals surface area contributed by atoms with Crippen molar-refractivity contribution in [3.63, 3.8) is 0 Å². The van der Waals surface area contributed by atoms with E-state index in [-0.39, 0.29) is 6.10 Å². The first kappa shape index (κ1) is 13.2. The van der Waals surface area contributed by atoms with Crippen LogP contribution in [0, 0.1) is 0 Å². The van der Waals surface area contributed by atoms with Gasteiger partial charge in [0.1, 0.15) is 5.75 Å². The minimum Gasteiger partial charge on any atom is -0.489 e. The van der Waals surface area contributed by atoms with Crippen molar-refractivity contribution in [2.75, 3.05) is 12.8 Å². The lowest BCUT2D eigenvalue weighted by Crippen LogP contribution is -2.13. The van der Waals surface area contributed by atoms with Crippen molar-refractivity contribution in [1.82, 2.24) is 0 Å². The van der Waals surface area contributed by atoms with Crippen LogP contribution >= 0.6 is 15.9 Å². The van der Waals surface area contributed by atoms with Gasteiger partial charge in [0.15, 0.2) is 0 Å². The number of carbonyl (C=O) groups is 1. The molecule has 1 aromatic rings. The predicted molar refractivity (Wildman–Crippen MR) is 72.8 cm³/mol. The molecule has 5 heteroatoms. The number of nitrogen functional groups attached to an aromatic ring is 1. The highest BCUT2D eigenvalue weighted by molar-refractivity contribution is 9.10. The van der Waals surface area contributed by atoms with E-state index in [9.17, 15) is 4.79 Å². The Morgan fingerprint density at radius 1 is 1.39 bits per heavy atom. The largest absolute Gasteiger partial charge is 0.489 e. The molecule has 0 bridgehead atoms. The summed E-state index contributed by atoms with van der Waals surface area (Å²) in [5.74, 6) is 0.202. The summed E-state index contributed by atoms with van der Waals surface area (Å²) in [7, 11) is 1.33. The van der Waals surface area contributed by atoms with Gasteiger partial charge in [-0.1, -0.05) is 0 Å². The molecule has 2 N–H and O–H groups in total. The summed E-state index contributed by atoms with van der Waals surface area (Å²) < 4.78 is 11.3. The number of hydrogen-bond acceptors (Lipinski definition) is 4. The normalized spacial score (nSPS) is 15.7. The highest BCUT2D eigenvalue weighted by atomic mass is 79.9. The lowest BCUT2D eigenvalue weighted by molar-refractivity contribution is 0.0601. The summed E-state index contributed by atoms with van der Waals surface area (Å²) in [4.78, 5) is 11.6. The summed E-state index contributed by atoms with van der Waals surface area (Å²) in [6, 6.07) is 3.32. The number of methoxy groups -OCH3 is 1. The van der Waals surface area contributed by atoms with Crippen LogP contribution in [-0.2, 0) is 4.74 Å². The van der Waals surface area contributed by atoms with E-state index in [2.05, 4.69) is 15.9 Å². The van der Waals surface area contributed by atoms with Gasteiger partial charge in [-0.3, -0.25) is 0 Å². The Bertz CT molecular complexity index is 456. The Morgan fingerprint density at radius 2 is 2.06 bits per heavy atom. The molecule has 1 saturated carbocycles. The van der Waals surface area contributed by atoms with Crippen molar-refractivity contribution >= 4 is 27.6 Å². The summed E-state index contributed by atoms with van der Waals surface area (Å²) in [6.07, 6.45) is 4.74. The fraction of sp³-hybridized carbons (Fsp3) is 0.462. The number of anilines is 1. The van der Waals surface area contributed by atoms with Crippen molar-refractivity contribution < 1.29 is 14.3 Å². The molecule has 1 aromatic carbocycles. The number of hydrogen-bond donors (Lipinski definition) is 1. The van der Waals surface area contributed by atoms with E-state index < -0.39 is 5.97 Å². The van der Waals surface area contributed by atoms with E-state index in [0.29, 0.717) is 17.0 Å². The molecular weight excluding hydrogens is 298 g/mol. The zero-order valence-corrected chi connectivity index (χ0v) is 11.8. The molecule has 98 valence electrons. The maximum atomic E-state index is 11.6. The Balaban J connectivity index is 2.25. The number of esters is 1. The second-order valence-corrected chi connectivity index (χ2v) is 5.24. The molecule has 0 heterocycles. The zero-order chi connectivity index (χ0) is 13.1. The van der Waals surface area contributed by atoms with Gasteiger partial charge in [0.05, 0.1) is 23.2 Å². The van der Waals surface area contributed by atoms with Crippen LogP contribution in [0.4, 0.5) is 5.69 Å². The van der Waals surface area contributed by atoms with E-state index in [4.69, 9.17) is 15.2 Å². The quantitative estimate of drug-likeness (QED) is 0.688. The van der Waals surface area contributed by atoms with E-state index in [1.165, 1.54) is 20.0 Å². The van der Waals surface area contributed by atoms with Gasteiger partial charge < -0.3 is 15.2 Å². The van der Waals surface area contributed by atoms with Crippen LogP contribution < -0.4 is 10.5 Å². The molecular formula is C13H16BrNO3. The van der Waals surface area contributed by atoms with Crippen molar-refractivity contribution in [1.29, 1.82) is 0 Å². The standard InChI is InChI=1S/C13H16BrNO3/c1-17-13(16)9-6-12(10(14)7-11(9)15)18-8-4-2-3-5-8/h6-8H,2-5,15H2,1H3. The summed E-state index contributed by atoms with van der Waals surface area (Å²) >= 11 is 3.40. The molecule has 0 saturated heterocycles. The molecule has 0 atom stereocenters. The molecule has 0 aromatic heterocycles. The van der Waals surface area contributed by atoms with Crippen molar-refractivity contribution in [2.24, 2.45) is 0 Å². The molecule has 18 heavy (non-hydrogen) atoms. The maximum absolute atomic E-state index is 11.6. The molecule has 0 aliphatic heterocycles. The minimum absolute atomic E-state index is 0.232. The van der Waals surface area contributed by atoms with Crippen LogP contribution in [-0.4, -0.2) is 19.2 Å². The third-order valence-corrected chi connectivity index (χ3v) is 3.72. The van der Waals surface area contributed by atoms with Gasteiger partial charge in [0.25, 0.3) is 0 Å². The van der Waals surface area contributed by atoms with Gasteiger partial charge >= 0.3 is 5.97 Å². The average molecular weight is 314 g/mol. The monoisotopic (exact) mass is 313 g/mol. The predicted octanol–water partition coefficient (Wildman–Crippen LogP) is 3.14. The van der Waals surface area contributed by atoms with Crippen LogP contribution in [0.25, 0.3) is 0 Å². The average Bonchev–Trinajstić information content (AvgIpc) is 2.84. The van der Waals surface area contributed by atoms with Crippen molar-refractivity contribution in [3.8, 4) is 5.75 Å². The van der Waals surface area contributed by atoms with Crippen LogP contribution in [0.15, 0.2) is 16.6 Å². The Morgan fingerprint density at radius 3 is 2.67 bits per heavy atom. The Hall–Kier alpha value is -1.23. The Kier molecular flexibility index (Phi) is 4.11. The molecule has 0 unspecified atom stereocenters. The van der Waals surface area contributed by atoms with E-state index in [1.807, 2.05) is 0 Å². The second-order valence-electron chi connectivity index (χ2n) is 4.39. The first-order chi connectivity index (χ1) is 8.61. The fourth-order valence-electron chi connectivity index (χ4n) is 2.13. The topological polar surface area (TPSA) is 61.5 Å². The van der Waals surface area contributed by atoms with Crippen LogP contribution in [0.2, 0.25) is 0 Å². The molecule has 0 spiro atoms. The van der Waals surface area contributed by atoms with E-state index in [0.717, 1.165) is 17.3 Å². The number of rotatable bonds is 3. The number of ether oxygens (including phenoxy) is 2. The van der Waals surface area contributed by atoms with Crippen LogP contribution in [0.5, 0.6) is 5.75 Å². The first-order valence-electron chi connectivity index (χ1n) is 5.96. The zero-order valence-electron chi connectivity index (χ0n) is 10.2. The lowest BCUT2D eigenvalue weighted by Gasteiger charge is -2.16. The van der Waals surface area contributed by atoms with Gasteiger partial charge in [-0.2, -0.15) is 0 Å². The molecule has 1 aliphatic rings. The van der Waals surface area contributed by atoms with Crippen LogP contribution in [0.1, 0.15) is 36.0 Å².